The Morgan fingerprint density at radius 1 is 1.17 bits per heavy atom. The summed E-state index contributed by atoms with van der Waals surface area (Å²) in [5, 5.41) is 4.18. The molecule has 2 N–H and O–H groups in total. The first-order valence-electron chi connectivity index (χ1n) is 5.49. The van der Waals surface area contributed by atoms with Crippen LogP contribution in [-0.2, 0) is 6.61 Å². The van der Waals surface area contributed by atoms with Crippen molar-refractivity contribution in [1.82, 2.24) is 0 Å². The third kappa shape index (κ3) is 3.25. The molecular formula is C14H13ClN2O. The molecule has 0 radical (unpaired) electrons. The molecule has 2 aromatic carbocycles. The third-order valence-corrected chi connectivity index (χ3v) is 2.80. The van der Waals surface area contributed by atoms with E-state index in [9.17, 15) is 0 Å². The van der Waals surface area contributed by atoms with Crippen LogP contribution >= 0.6 is 11.6 Å². The van der Waals surface area contributed by atoms with Gasteiger partial charge in [-0.1, -0.05) is 41.9 Å². The molecule has 92 valence electrons. The maximum atomic E-state index is 6.05. The fourth-order valence-electron chi connectivity index (χ4n) is 1.55. The van der Waals surface area contributed by atoms with Gasteiger partial charge < -0.3 is 10.6 Å². The minimum absolute atomic E-state index is 0.433. The Balaban J connectivity index is 2.06. The Kier molecular flexibility index (Phi) is 4.20. The van der Waals surface area contributed by atoms with Gasteiger partial charge in [-0.05, 0) is 23.8 Å². The van der Waals surface area contributed by atoms with E-state index < -0.39 is 0 Å². The summed E-state index contributed by atoms with van der Waals surface area (Å²) >= 11 is 6.05. The summed E-state index contributed by atoms with van der Waals surface area (Å²) in [6.07, 6.45) is 1.57. The normalized spacial score (nSPS) is 10.7. The lowest BCUT2D eigenvalue weighted by Crippen LogP contribution is -1.96. The summed E-state index contributed by atoms with van der Waals surface area (Å²) in [5.41, 5.74) is 1.85. The molecule has 0 fully saturated rings. The molecule has 0 unspecified atom stereocenters. The molecule has 2 rings (SSSR count). The lowest BCUT2D eigenvalue weighted by Gasteiger charge is -2.08. The molecule has 0 saturated carbocycles. The molecule has 0 heterocycles. The van der Waals surface area contributed by atoms with Gasteiger partial charge in [-0.2, -0.15) is 5.10 Å². The summed E-state index contributed by atoms with van der Waals surface area (Å²) < 4.78 is 5.67. The van der Waals surface area contributed by atoms with E-state index in [4.69, 9.17) is 22.2 Å². The number of nitrogens with two attached hydrogens (primary N) is 1. The SMILES string of the molecule is N/N=C\c1cccc(OCc2ccccc2Cl)c1. The molecule has 0 atom stereocenters. The summed E-state index contributed by atoms with van der Waals surface area (Å²) in [5.74, 6) is 5.86. The van der Waals surface area contributed by atoms with Crippen molar-refractivity contribution in [1.29, 1.82) is 0 Å². The van der Waals surface area contributed by atoms with Crippen molar-refractivity contribution in [3.05, 3.63) is 64.7 Å². The van der Waals surface area contributed by atoms with Gasteiger partial charge in [0, 0.05) is 10.6 Å². The second-order valence-electron chi connectivity index (χ2n) is 3.73. The zero-order chi connectivity index (χ0) is 12.8. The number of rotatable bonds is 4. The Bertz CT molecular complexity index is 555. The number of benzene rings is 2. The predicted octanol–water partition coefficient (Wildman–Crippen LogP) is 3.21. The maximum absolute atomic E-state index is 6.05. The van der Waals surface area contributed by atoms with E-state index in [1.165, 1.54) is 0 Å². The minimum Gasteiger partial charge on any atom is -0.489 e. The summed E-state index contributed by atoms with van der Waals surface area (Å²) in [7, 11) is 0. The van der Waals surface area contributed by atoms with Gasteiger partial charge in [-0.15, -0.1) is 0 Å². The van der Waals surface area contributed by atoms with E-state index in [0.29, 0.717) is 11.6 Å². The van der Waals surface area contributed by atoms with Crippen molar-refractivity contribution in [2.75, 3.05) is 0 Å². The Morgan fingerprint density at radius 3 is 2.78 bits per heavy atom. The molecule has 18 heavy (non-hydrogen) atoms. The summed E-state index contributed by atoms with van der Waals surface area (Å²) in [6.45, 7) is 0.433. The van der Waals surface area contributed by atoms with E-state index in [-0.39, 0.29) is 0 Å². The first-order chi connectivity index (χ1) is 8.79. The number of hydrogen-bond donors (Lipinski definition) is 1. The number of hydrazone groups is 1. The van der Waals surface area contributed by atoms with Crippen molar-refractivity contribution in [3.63, 3.8) is 0 Å². The smallest absolute Gasteiger partial charge is 0.120 e. The van der Waals surface area contributed by atoms with Gasteiger partial charge in [0.05, 0.1) is 6.21 Å². The van der Waals surface area contributed by atoms with E-state index >= 15 is 0 Å². The molecule has 0 saturated heterocycles. The fraction of sp³-hybridized carbons (Fsp3) is 0.0714. The molecule has 0 amide bonds. The van der Waals surface area contributed by atoms with E-state index in [0.717, 1.165) is 16.9 Å². The monoisotopic (exact) mass is 260 g/mol. The molecule has 0 aliphatic rings. The van der Waals surface area contributed by atoms with E-state index in [1.54, 1.807) is 6.21 Å². The third-order valence-electron chi connectivity index (χ3n) is 2.43. The maximum Gasteiger partial charge on any atom is 0.120 e. The molecule has 3 nitrogen and oxygen atoms in total. The Labute approximate surface area is 111 Å². The van der Waals surface area contributed by atoms with E-state index in [2.05, 4.69) is 5.10 Å². The Morgan fingerprint density at radius 2 is 2.00 bits per heavy atom. The van der Waals surface area contributed by atoms with Gasteiger partial charge in [-0.3, -0.25) is 0 Å². The zero-order valence-corrected chi connectivity index (χ0v) is 10.5. The van der Waals surface area contributed by atoms with Gasteiger partial charge in [0.15, 0.2) is 0 Å². The fourth-order valence-corrected chi connectivity index (χ4v) is 1.74. The Hall–Kier alpha value is -2.00. The quantitative estimate of drug-likeness (QED) is 0.521. The molecule has 0 aromatic heterocycles. The summed E-state index contributed by atoms with van der Waals surface area (Å²) in [6, 6.07) is 15.1. The highest BCUT2D eigenvalue weighted by Crippen LogP contribution is 2.18. The highest BCUT2D eigenvalue weighted by atomic mass is 35.5. The molecular weight excluding hydrogens is 248 g/mol. The standard InChI is InChI=1S/C14H13ClN2O/c15-14-7-2-1-5-12(14)10-18-13-6-3-4-11(8-13)9-17-16/h1-9H,10,16H2/b17-9-. The molecule has 0 spiro atoms. The van der Waals surface area contributed by atoms with Crippen LogP contribution in [0.25, 0.3) is 0 Å². The van der Waals surface area contributed by atoms with Gasteiger partial charge in [0.25, 0.3) is 0 Å². The van der Waals surface area contributed by atoms with Gasteiger partial charge in [-0.25, -0.2) is 0 Å². The topological polar surface area (TPSA) is 47.6 Å². The number of ether oxygens (including phenoxy) is 1. The van der Waals surface area contributed by atoms with Crippen LogP contribution in [0.2, 0.25) is 5.02 Å². The number of halogens is 1. The highest BCUT2D eigenvalue weighted by Gasteiger charge is 2.00. The average Bonchev–Trinajstić information content (AvgIpc) is 2.39. The van der Waals surface area contributed by atoms with Crippen LogP contribution in [0.4, 0.5) is 0 Å². The molecule has 0 aliphatic heterocycles. The van der Waals surface area contributed by atoms with Gasteiger partial charge in [0.2, 0.25) is 0 Å². The second-order valence-corrected chi connectivity index (χ2v) is 4.14. The van der Waals surface area contributed by atoms with Crippen LogP contribution in [-0.4, -0.2) is 6.21 Å². The van der Waals surface area contributed by atoms with Crippen LogP contribution < -0.4 is 10.6 Å². The van der Waals surface area contributed by atoms with Crippen LogP contribution in [0.15, 0.2) is 53.6 Å². The lowest BCUT2D eigenvalue weighted by atomic mass is 10.2. The van der Waals surface area contributed by atoms with Crippen molar-refractivity contribution < 1.29 is 4.74 Å². The van der Waals surface area contributed by atoms with Crippen LogP contribution in [0.1, 0.15) is 11.1 Å². The first kappa shape index (κ1) is 12.5. The van der Waals surface area contributed by atoms with Crippen molar-refractivity contribution in [2.24, 2.45) is 10.9 Å². The largest absolute Gasteiger partial charge is 0.489 e. The predicted molar refractivity (Wildman–Crippen MR) is 74.0 cm³/mol. The van der Waals surface area contributed by atoms with Crippen molar-refractivity contribution in [2.45, 2.75) is 6.61 Å². The van der Waals surface area contributed by atoms with Gasteiger partial charge in [0.1, 0.15) is 12.4 Å². The van der Waals surface area contributed by atoms with Crippen LogP contribution in [0.5, 0.6) is 5.75 Å². The molecule has 4 heteroatoms. The van der Waals surface area contributed by atoms with Crippen molar-refractivity contribution in [3.8, 4) is 5.75 Å². The van der Waals surface area contributed by atoms with Crippen LogP contribution in [0, 0.1) is 0 Å². The second kappa shape index (κ2) is 6.07. The van der Waals surface area contributed by atoms with Gasteiger partial charge >= 0.3 is 0 Å². The molecule has 2 aromatic rings. The van der Waals surface area contributed by atoms with Crippen molar-refractivity contribution >= 4 is 17.8 Å². The van der Waals surface area contributed by atoms with E-state index in [1.807, 2.05) is 48.5 Å². The molecule has 0 aliphatic carbocycles. The number of nitrogens with zero attached hydrogens (tertiary/aromatic N) is 1. The highest BCUT2D eigenvalue weighted by molar-refractivity contribution is 6.31. The zero-order valence-electron chi connectivity index (χ0n) is 9.71. The minimum atomic E-state index is 0.433. The lowest BCUT2D eigenvalue weighted by molar-refractivity contribution is 0.306. The molecule has 0 bridgehead atoms. The van der Waals surface area contributed by atoms with Crippen LogP contribution in [0.3, 0.4) is 0 Å². The average molecular weight is 261 g/mol. The number of hydrogen-bond acceptors (Lipinski definition) is 3. The first-order valence-corrected chi connectivity index (χ1v) is 5.87. The summed E-state index contributed by atoms with van der Waals surface area (Å²) in [4.78, 5) is 0.